The molecule has 144 valence electrons. The van der Waals surface area contributed by atoms with Gasteiger partial charge in [-0.1, -0.05) is 60.7 Å². The lowest BCUT2D eigenvalue weighted by atomic mass is 9.86. The summed E-state index contributed by atoms with van der Waals surface area (Å²) in [6, 6.07) is 25.5. The number of carbonyl (C=O) groups excluding carboxylic acids is 1. The summed E-state index contributed by atoms with van der Waals surface area (Å²) < 4.78 is 5.13. The molecule has 0 aromatic heterocycles. The van der Waals surface area contributed by atoms with Gasteiger partial charge in [-0.05, 0) is 35.4 Å². The van der Waals surface area contributed by atoms with Gasteiger partial charge in [0, 0.05) is 12.7 Å². The van der Waals surface area contributed by atoms with Crippen molar-refractivity contribution in [2.75, 3.05) is 26.0 Å². The number of nitrogens with one attached hydrogen (secondary N) is 1. The Morgan fingerprint density at radius 3 is 1.89 bits per heavy atom. The van der Waals surface area contributed by atoms with E-state index >= 15 is 0 Å². The van der Waals surface area contributed by atoms with E-state index in [1.54, 1.807) is 38.4 Å². The molecule has 0 spiro atoms. The van der Waals surface area contributed by atoms with Crippen LogP contribution in [0.2, 0.25) is 0 Å². The summed E-state index contributed by atoms with van der Waals surface area (Å²) in [5.74, 6) is 0.717. The number of rotatable bonds is 6. The molecular weight excluding hydrogens is 352 g/mol. The van der Waals surface area contributed by atoms with Gasteiger partial charge in [0.15, 0.2) is 0 Å². The van der Waals surface area contributed by atoms with Gasteiger partial charge >= 0.3 is 6.03 Å². The molecule has 28 heavy (non-hydrogen) atoms. The van der Waals surface area contributed by atoms with Crippen molar-refractivity contribution in [1.82, 2.24) is 4.90 Å². The van der Waals surface area contributed by atoms with Crippen LogP contribution in [0.3, 0.4) is 0 Å². The fourth-order valence-electron chi connectivity index (χ4n) is 3.09. The zero-order chi connectivity index (χ0) is 20.0. The third-order valence-corrected chi connectivity index (χ3v) is 4.66. The average molecular weight is 376 g/mol. The van der Waals surface area contributed by atoms with Crippen molar-refractivity contribution >= 4 is 11.7 Å². The zero-order valence-electron chi connectivity index (χ0n) is 16.0. The van der Waals surface area contributed by atoms with Gasteiger partial charge in [0.25, 0.3) is 0 Å². The van der Waals surface area contributed by atoms with Gasteiger partial charge in [0.2, 0.25) is 0 Å². The topological polar surface area (TPSA) is 61.8 Å². The molecule has 2 amide bonds. The molecule has 0 saturated carbocycles. The quantitative estimate of drug-likeness (QED) is 0.681. The molecule has 3 aromatic carbocycles. The van der Waals surface area contributed by atoms with Gasteiger partial charge in [-0.3, -0.25) is 0 Å². The van der Waals surface area contributed by atoms with Crippen molar-refractivity contribution in [3.8, 4) is 5.75 Å². The van der Waals surface area contributed by atoms with Crippen LogP contribution in [0.4, 0.5) is 10.5 Å². The van der Waals surface area contributed by atoms with E-state index in [-0.39, 0.29) is 12.6 Å². The second kappa shape index (κ2) is 8.59. The molecular formula is C23H24N2O3. The SMILES string of the molecule is COc1ccc(NC(=O)N(C)CC(O)(c2ccccc2)c2ccccc2)cc1. The minimum Gasteiger partial charge on any atom is -0.497 e. The Bertz CT molecular complexity index is 857. The highest BCUT2D eigenvalue weighted by molar-refractivity contribution is 5.89. The molecule has 0 unspecified atom stereocenters. The predicted molar refractivity (Wildman–Crippen MR) is 111 cm³/mol. The summed E-state index contributed by atoms with van der Waals surface area (Å²) in [5, 5.41) is 14.4. The van der Waals surface area contributed by atoms with Crippen LogP contribution in [-0.2, 0) is 5.60 Å². The smallest absolute Gasteiger partial charge is 0.321 e. The molecule has 2 N–H and O–H groups in total. The van der Waals surface area contributed by atoms with Gasteiger partial charge < -0.3 is 20.1 Å². The summed E-state index contributed by atoms with van der Waals surface area (Å²) in [5.41, 5.74) is 0.783. The van der Waals surface area contributed by atoms with Gasteiger partial charge in [0.05, 0.1) is 13.7 Å². The van der Waals surface area contributed by atoms with Gasteiger partial charge in [-0.2, -0.15) is 0 Å². The molecule has 0 aliphatic heterocycles. The summed E-state index contributed by atoms with van der Waals surface area (Å²) >= 11 is 0. The maximum absolute atomic E-state index is 12.7. The number of hydrogen-bond acceptors (Lipinski definition) is 3. The highest BCUT2D eigenvalue weighted by Crippen LogP contribution is 2.30. The van der Waals surface area contributed by atoms with Crippen LogP contribution in [0.25, 0.3) is 0 Å². The van der Waals surface area contributed by atoms with Crippen LogP contribution in [0.5, 0.6) is 5.75 Å². The summed E-state index contributed by atoms with van der Waals surface area (Å²) in [6.07, 6.45) is 0. The first-order valence-electron chi connectivity index (χ1n) is 9.02. The number of aliphatic hydroxyl groups is 1. The van der Waals surface area contributed by atoms with Crippen molar-refractivity contribution in [3.63, 3.8) is 0 Å². The van der Waals surface area contributed by atoms with Crippen LogP contribution in [0.15, 0.2) is 84.9 Å². The Kier molecular flexibility index (Phi) is 5.96. The number of benzene rings is 3. The lowest BCUT2D eigenvalue weighted by Gasteiger charge is -2.33. The molecule has 0 aliphatic rings. The fraction of sp³-hybridized carbons (Fsp3) is 0.174. The maximum atomic E-state index is 12.7. The predicted octanol–water partition coefficient (Wildman–Crippen LogP) is 4.10. The van der Waals surface area contributed by atoms with Crippen molar-refractivity contribution in [1.29, 1.82) is 0 Å². The molecule has 0 saturated heterocycles. The maximum Gasteiger partial charge on any atom is 0.321 e. The van der Waals surface area contributed by atoms with Crippen molar-refractivity contribution in [2.45, 2.75) is 5.60 Å². The minimum absolute atomic E-state index is 0.100. The zero-order valence-corrected chi connectivity index (χ0v) is 16.0. The molecule has 3 aromatic rings. The molecule has 0 radical (unpaired) electrons. The van der Waals surface area contributed by atoms with Crippen molar-refractivity contribution in [2.24, 2.45) is 0 Å². The van der Waals surface area contributed by atoms with Crippen molar-refractivity contribution < 1.29 is 14.6 Å². The Labute approximate surface area is 165 Å². The molecule has 0 aliphatic carbocycles. The normalized spacial score (nSPS) is 11.0. The van der Waals surface area contributed by atoms with E-state index in [9.17, 15) is 9.90 Å². The second-order valence-corrected chi connectivity index (χ2v) is 6.61. The lowest BCUT2D eigenvalue weighted by molar-refractivity contribution is 0.0547. The van der Waals surface area contributed by atoms with Crippen molar-refractivity contribution in [3.05, 3.63) is 96.1 Å². The molecule has 5 heteroatoms. The van der Waals surface area contributed by atoms with E-state index in [2.05, 4.69) is 5.32 Å². The van der Waals surface area contributed by atoms with E-state index < -0.39 is 5.60 Å². The number of anilines is 1. The first-order chi connectivity index (χ1) is 13.5. The van der Waals surface area contributed by atoms with Gasteiger partial charge in [-0.25, -0.2) is 4.79 Å². The molecule has 0 fully saturated rings. The van der Waals surface area contributed by atoms with Gasteiger partial charge in [0.1, 0.15) is 11.4 Å². The van der Waals surface area contributed by atoms with E-state index in [0.29, 0.717) is 11.4 Å². The van der Waals surface area contributed by atoms with Crippen LogP contribution in [-0.4, -0.2) is 36.7 Å². The highest BCUT2D eigenvalue weighted by atomic mass is 16.5. The van der Waals surface area contributed by atoms with Crippen LogP contribution in [0.1, 0.15) is 11.1 Å². The molecule has 0 atom stereocenters. The van der Waals surface area contributed by atoms with Crippen LogP contribution in [0, 0.1) is 0 Å². The first-order valence-corrected chi connectivity index (χ1v) is 9.02. The lowest BCUT2D eigenvalue weighted by Crippen LogP contribution is -2.44. The first kappa shape index (κ1) is 19.5. The fourth-order valence-corrected chi connectivity index (χ4v) is 3.09. The number of amides is 2. The monoisotopic (exact) mass is 376 g/mol. The Morgan fingerprint density at radius 1 is 0.929 bits per heavy atom. The number of hydrogen-bond donors (Lipinski definition) is 2. The van der Waals surface area contributed by atoms with E-state index in [4.69, 9.17) is 4.74 Å². The molecule has 0 heterocycles. The average Bonchev–Trinajstić information content (AvgIpc) is 2.75. The molecule has 5 nitrogen and oxygen atoms in total. The number of urea groups is 1. The Balaban J connectivity index is 1.81. The Hall–Kier alpha value is -3.31. The number of methoxy groups -OCH3 is 1. The third-order valence-electron chi connectivity index (χ3n) is 4.66. The molecule has 3 rings (SSSR count). The minimum atomic E-state index is -1.32. The third kappa shape index (κ3) is 4.32. The summed E-state index contributed by atoms with van der Waals surface area (Å²) in [6.45, 7) is 0.100. The highest BCUT2D eigenvalue weighted by Gasteiger charge is 2.34. The number of likely N-dealkylation sites (N-methyl/N-ethyl adjacent to an activating group) is 1. The van der Waals surface area contributed by atoms with E-state index in [0.717, 1.165) is 11.1 Å². The molecule has 0 bridgehead atoms. The van der Waals surface area contributed by atoms with Crippen LogP contribution >= 0.6 is 0 Å². The largest absolute Gasteiger partial charge is 0.497 e. The summed E-state index contributed by atoms with van der Waals surface area (Å²) in [4.78, 5) is 14.2. The van der Waals surface area contributed by atoms with E-state index in [1.165, 1.54) is 4.90 Å². The Morgan fingerprint density at radius 2 is 1.43 bits per heavy atom. The number of carbonyl (C=O) groups is 1. The van der Waals surface area contributed by atoms with E-state index in [1.807, 2.05) is 60.7 Å². The van der Waals surface area contributed by atoms with Crippen LogP contribution < -0.4 is 10.1 Å². The number of ether oxygens (including phenoxy) is 1. The van der Waals surface area contributed by atoms with Gasteiger partial charge in [-0.15, -0.1) is 0 Å². The number of nitrogens with zero attached hydrogens (tertiary/aromatic N) is 1. The summed E-state index contributed by atoms with van der Waals surface area (Å²) in [7, 11) is 3.26. The standard InChI is InChI=1S/C23H24N2O3/c1-25(22(26)24-20-13-15-21(28-2)16-14-20)17-23(27,18-9-5-3-6-10-18)19-11-7-4-8-12-19/h3-16,27H,17H2,1-2H3,(H,24,26). The second-order valence-electron chi connectivity index (χ2n) is 6.61.